The van der Waals surface area contributed by atoms with E-state index in [1.807, 2.05) is 19.9 Å². The second kappa shape index (κ2) is 6.05. The minimum absolute atomic E-state index is 0.0693. The highest BCUT2D eigenvalue weighted by molar-refractivity contribution is 6.35. The molecule has 1 rings (SSSR count). The van der Waals surface area contributed by atoms with E-state index in [1.165, 1.54) is 0 Å². The molecule has 0 saturated heterocycles. The van der Waals surface area contributed by atoms with Crippen molar-refractivity contribution < 1.29 is 10.2 Å². The molecule has 0 unspecified atom stereocenters. The predicted molar refractivity (Wildman–Crippen MR) is 71.6 cm³/mol. The van der Waals surface area contributed by atoms with Gasteiger partial charge in [-0.15, -0.1) is 0 Å². The minimum atomic E-state index is -0.544. The van der Waals surface area contributed by atoms with Crippen LogP contribution in [0.3, 0.4) is 0 Å². The number of rotatable bonds is 5. The van der Waals surface area contributed by atoms with Gasteiger partial charge in [-0.2, -0.15) is 0 Å². The Morgan fingerprint density at radius 2 is 1.76 bits per heavy atom. The Morgan fingerprint density at radius 3 is 2.18 bits per heavy atom. The lowest BCUT2D eigenvalue weighted by Crippen LogP contribution is -2.37. The van der Waals surface area contributed by atoms with Gasteiger partial charge in [0.2, 0.25) is 0 Å². The van der Waals surface area contributed by atoms with E-state index in [2.05, 4.69) is 0 Å². The maximum Gasteiger partial charge on any atom is 0.0515 e. The molecule has 1 aromatic rings. The molecule has 2 nitrogen and oxygen atoms in total. The number of hydrogen-bond acceptors (Lipinski definition) is 2. The van der Waals surface area contributed by atoms with Crippen molar-refractivity contribution in [3.63, 3.8) is 0 Å². The molecular formula is C13H18Cl2O2. The van der Waals surface area contributed by atoms with E-state index in [-0.39, 0.29) is 19.1 Å². The highest BCUT2D eigenvalue weighted by atomic mass is 35.5. The van der Waals surface area contributed by atoms with E-state index in [1.54, 1.807) is 12.1 Å². The number of benzene rings is 1. The smallest absolute Gasteiger partial charge is 0.0515 e. The molecule has 0 heterocycles. The van der Waals surface area contributed by atoms with Gasteiger partial charge in [0, 0.05) is 15.5 Å². The van der Waals surface area contributed by atoms with Crippen LogP contribution in [0, 0.1) is 11.3 Å². The molecule has 2 N–H and O–H groups in total. The lowest BCUT2D eigenvalue weighted by atomic mass is 9.74. The van der Waals surface area contributed by atoms with E-state index in [9.17, 15) is 10.2 Å². The molecule has 96 valence electrons. The second-order valence-electron chi connectivity index (χ2n) is 4.75. The largest absolute Gasteiger partial charge is 0.396 e. The molecule has 0 fully saturated rings. The molecule has 0 bridgehead atoms. The number of aliphatic hydroxyl groups excluding tert-OH is 2. The third-order valence-electron chi connectivity index (χ3n) is 3.41. The van der Waals surface area contributed by atoms with E-state index in [4.69, 9.17) is 23.2 Å². The molecule has 0 aliphatic carbocycles. The van der Waals surface area contributed by atoms with Gasteiger partial charge in [-0.1, -0.05) is 43.1 Å². The summed E-state index contributed by atoms with van der Waals surface area (Å²) in [6, 6.07) is 5.29. The lowest BCUT2D eigenvalue weighted by Gasteiger charge is -2.34. The maximum absolute atomic E-state index is 9.52. The summed E-state index contributed by atoms with van der Waals surface area (Å²) in [5, 5.41) is 20.2. The molecule has 0 radical (unpaired) electrons. The minimum Gasteiger partial charge on any atom is -0.396 e. The first-order valence-electron chi connectivity index (χ1n) is 5.61. The Hall–Kier alpha value is -0.280. The summed E-state index contributed by atoms with van der Waals surface area (Å²) in [5.41, 5.74) is 0.352. The molecule has 1 aromatic carbocycles. The molecule has 0 spiro atoms. The average Bonchev–Trinajstić information content (AvgIpc) is 2.28. The van der Waals surface area contributed by atoms with Crippen molar-refractivity contribution in [1.82, 2.24) is 0 Å². The molecule has 0 amide bonds. The zero-order chi connectivity index (χ0) is 13.1. The van der Waals surface area contributed by atoms with Crippen LogP contribution in [0.1, 0.15) is 19.4 Å². The van der Waals surface area contributed by atoms with Crippen molar-refractivity contribution in [3.05, 3.63) is 33.8 Å². The fourth-order valence-corrected chi connectivity index (χ4v) is 2.25. The number of hydrogen-bond donors (Lipinski definition) is 2. The quantitative estimate of drug-likeness (QED) is 0.868. The topological polar surface area (TPSA) is 40.5 Å². The van der Waals surface area contributed by atoms with Gasteiger partial charge < -0.3 is 10.2 Å². The number of halogens is 2. The van der Waals surface area contributed by atoms with Crippen molar-refractivity contribution >= 4 is 23.2 Å². The average molecular weight is 277 g/mol. The maximum atomic E-state index is 9.52. The highest BCUT2D eigenvalue weighted by Gasteiger charge is 2.33. The van der Waals surface area contributed by atoms with Gasteiger partial charge in [0.15, 0.2) is 0 Å². The first-order valence-corrected chi connectivity index (χ1v) is 6.36. The zero-order valence-corrected chi connectivity index (χ0v) is 11.6. The van der Waals surface area contributed by atoms with Gasteiger partial charge in [0.25, 0.3) is 0 Å². The van der Waals surface area contributed by atoms with E-state index in [0.717, 1.165) is 5.56 Å². The summed E-state index contributed by atoms with van der Waals surface area (Å²) in [6.07, 6.45) is 0.535. The fourth-order valence-electron chi connectivity index (χ4n) is 1.78. The summed E-state index contributed by atoms with van der Waals surface area (Å²) < 4.78 is 0. The van der Waals surface area contributed by atoms with Crippen molar-refractivity contribution in [1.29, 1.82) is 0 Å². The van der Waals surface area contributed by atoms with E-state index < -0.39 is 5.41 Å². The van der Waals surface area contributed by atoms with Crippen LogP contribution >= 0.6 is 23.2 Å². The Labute approximate surface area is 112 Å². The van der Waals surface area contributed by atoms with Crippen LogP contribution in [-0.4, -0.2) is 23.4 Å². The summed E-state index contributed by atoms with van der Waals surface area (Å²) in [4.78, 5) is 0. The van der Waals surface area contributed by atoms with E-state index in [0.29, 0.717) is 16.5 Å². The van der Waals surface area contributed by atoms with Crippen LogP contribution in [0.25, 0.3) is 0 Å². The molecule has 0 aromatic heterocycles. The van der Waals surface area contributed by atoms with E-state index >= 15 is 0 Å². The second-order valence-corrected chi connectivity index (χ2v) is 5.59. The van der Waals surface area contributed by atoms with Gasteiger partial charge in [-0.25, -0.2) is 0 Å². The highest BCUT2D eigenvalue weighted by Crippen LogP contribution is 2.34. The lowest BCUT2D eigenvalue weighted by molar-refractivity contribution is 0.0163. The normalized spacial score (nSPS) is 12.2. The van der Waals surface area contributed by atoms with Gasteiger partial charge in [0.1, 0.15) is 0 Å². The Kier molecular flexibility index (Phi) is 5.26. The zero-order valence-electron chi connectivity index (χ0n) is 10.1. The van der Waals surface area contributed by atoms with Gasteiger partial charge >= 0.3 is 0 Å². The van der Waals surface area contributed by atoms with Crippen molar-refractivity contribution in [3.8, 4) is 0 Å². The van der Waals surface area contributed by atoms with Crippen LogP contribution in [0.5, 0.6) is 0 Å². The van der Waals surface area contributed by atoms with Crippen LogP contribution in [0.4, 0.5) is 0 Å². The molecule has 17 heavy (non-hydrogen) atoms. The van der Waals surface area contributed by atoms with Crippen molar-refractivity contribution in [2.75, 3.05) is 13.2 Å². The third-order valence-corrected chi connectivity index (χ3v) is 4.00. The first-order chi connectivity index (χ1) is 7.95. The van der Waals surface area contributed by atoms with Crippen molar-refractivity contribution in [2.24, 2.45) is 11.3 Å². The summed E-state index contributed by atoms with van der Waals surface area (Å²) in [5.74, 6) is 0.157. The van der Waals surface area contributed by atoms with Crippen LogP contribution in [-0.2, 0) is 6.42 Å². The van der Waals surface area contributed by atoms with Crippen LogP contribution in [0.15, 0.2) is 18.2 Å². The third kappa shape index (κ3) is 3.35. The Morgan fingerprint density at radius 1 is 1.18 bits per heavy atom. The van der Waals surface area contributed by atoms with Crippen LogP contribution in [0.2, 0.25) is 10.0 Å². The predicted octanol–water partition coefficient (Wildman–Crippen LogP) is 3.16. The monoisotopic (exact) mass is 276 g/mol. The van der Waals surface area contributed by atoms with Gasteiger partial charge in [-0.05, 0) is 30.0 Å². The molecule has 0 atom stereocenters. The Balaban J connectivity index is 3.01. The summed E-state index contributed by atoms with van der Waals surface area (Å²) in [7, 11) is 0. The van der Waals surface area contributed by atoms with Gasteiger partial charge in [0.05, 0.1) is 13.2 Å². The molecule has 0 aliphatic rings. The summed E-state index contributed by atoms with van der Waals surface area (Å²) >= 11 is 11.9. The van der Waals surface area contributed by atoms with Crippen LogP contribution < -0.4 is 0 Å². The number of aliphatic hydroxyl groups is 2. The molecular weight excluding hydrogens is 259 g/mol. The molecule has 0 saturated carbocycles. The Bertz CT molecular complexity index is 374. The molecule has 4 heteroatoms. The fraction of sp³-hybridized carbons (Fsp3) is 0.538. The standard InChI is InChI=1S/C13H18Cl2O2/c1-9(2)13(7-16,8-17)6-10-3-4-11(14)5-12(10)15/h3-5,9,16-17H,6-8H2,1-2H3. The molecule has 0 aliphatic heterocycles. The first kappa shape index (κ1) is 14.8. The van der Waals surface area contributed by atoms with Crippen molar-refractivity contribution in [2.45, 2.75) is 20.3 Å². The summed E-state index contributed by atoms with van der Waals surface area (Å²) in [6.45, 7) is 3.83. The SMILES string of the molecule is CC(C)C(CO)(CO)Cc1ccc(Cl)cc1Cl. The van der Waals surface area contributed by atoms with Gasteiger partial charge in [-0.3, -0.25) is 0 Å².